The standard InChI is InChI=1S/C23H24BrN5O2S/c1-4-12-29-21(16(3)25-22(31)17-7-5-6-15(2)13-17)27-28-23(29)32-14-20(30)26-19-10-8-18(24)9-11-19/h4-11,13,16H,1,12,14H2,2-3H3,(H,25,31)(H,26,30)/t16-/m0/s1. The highest BCUT2D eigenvalue weighted by Crippen LogP contribution is 2.22. The number of nitrogens with one attached hydrogen (secondary N) is 2. The molecule has 1 aromatic heterocycles. The molecule has 1 heterocycles. The van der Waals surface area contributed by atoms with Gasteiger partial charge in [-0.15, -0.1) is 16.8 Å². The summed E-state index contributed by atoms with van der Waals surface area (Å²) in [5.41, 5.74) is 2.32. The Morgan fingerprint density at radius 2 is 1.97 bits per heavy atom. The zero-order valence-corrected chi connectivity index (χ0v) is 20.2. The first-order valence-electron chi connectivity index (χ1n) is 9.97. The molecule has 0 fully saturated rings. The molecular formula is C23H24BrN5O2S. The van der Waals surface area contributed by atoms with E-state index in [1.54, 1.807) is 12.1 Å². The van der Waals surface area contributed by atoms with Gasteiger partial charge in [-0.25, -0.2) is 0 Å². The van der Waals surface area contributed by atoms with Crippen molar-refractivity contribution < 1.29 is 9.59 Å². The van der Waals surface area contributed by atoms with Gasteiger partial charge in [0.2, 0.25) is 5.91 Å². The number of aryl methyl sites for hydroxylation is 1. The van der Waals surface area contributed by atoms with Crippen LogP contribution in [0.2, 0.25) is 0 Å². The first kappa shape index (κ1) is 23.7. The Hall–Kier alpha value is -2.91. The first-order valence-corrected chi connectivity index (χ1v) is 11.7. The average Bonchev–Trinajstić information content (AvgIpc) is 3.17. The minimum absolute atomic E-state index is 0.146. The number of hydrogen-bond acceptors (Lipinski definition) is 5. The second-order valence-corrected chi connectivity index (χ2v) is 9.01. The van der Waals surface area contributed by atoms with Crippen LogP contribution in [0.15, 0.2) is 70.8 Å². The van der Waals surface area contributed by atoms with Crippen molar-refractivity contribution in [3.63, 3.8) is 0 Å². The monoisotopic (exact) mass is 513 g/mol. The molecule has 0 radical (unpaired) electrons. The maximum absolute atomic E-state index is 12.6. The summed E-state index contributed by atoms with van der Waals surface area (Å²) in [6, 6.07) is 14.4. The molecule has 0 aliphatic rings. The number of allylic oxidation sites excluding steroid dienone is 1. The molecule has 2 aromatic carbocycles. The second kappa shape index (κ2) is 11.1. The van der Waals surface area contributed by atoms with Crippen LogP contribution in [0.5, 0.6) is 0 Å². The Morgan fingerprint density at radius 3 is 2.66 bits per heavy atom. The second-order valence-electron chi connectivity index (χ2n) is 7.15. The summed E-state index contributed by atoms with van der Waals surface area (Å²) in [6.45, 7) is 8.05. The normalized spacial score (nSPS) is 11.6. The summed E-state index contributed by atoms with van der Waals surface area (Å²) in [5, 5.41) is 14.9. The minimum Gasteiger partial charge on any atom is -0.342 e. The Balaban J connectivity index is 1.66. The van der Waals surface area contributed by atoms with Crippen LogP contribution >= 0.6 is 27.7 Å². The smallest absolute Gasteiger partial charge is 0.251 e. The quantitative estimate of drug-likeness (QED) is 0.318. The van der Waals surface area contributed by atoms with Crippen LogP contribution in [-0.4, -0.2) is 32.3 Å². The van der Waals surface area contributed by atoms with Gasteiger partial charge in [-0.05, 0) is 50.2 Å². The van der Waals surface area contributed by atoms with E-state index in [0.717, 1.165) is 15.7 Å². The van der Waals surface area contributed by atoms with Crippen molar-refractivity contribution in [3.05, 3.63) is 82.6 Å². The van der Waals surface area contributed by atoms with E-state index in [9.17, 15) is 9.59 Å². The van der Waals surface area contributed by atoms with Crippen molar-refractivity contribution in [1.82, 2.24) is 20.1 Å². The third kappa shape index (κ3) is 6.30. The summed E-state index contributed by atoms with van der Waals surface area (Å²) in [6.07, 6.45) is 1.73. The number of halogens is 1. The van der Waals surface area contributed by atoms with Crippen molar-refractivity contribution in [2.24, 2.45) is 0 Å². The van der Waals surface area contributed by atoms with Crippen LogP contribution in [0.1, 0.15) is 34.7 Å². The number of aromatic nitrogens is 3. The number of rotatable bonds is 9. The summed E-state index contributed by atoms with van der Waals surface area (Å²) in [4.78, 5) is 24.9. The molecule has 2 amide bonds. The highest BCUT2D eigenvalue weighted by molar-refractivity contribution is 9.10. The van der Waals surface area contributed by atoms with Gasteiger partial charge < -0.3 is 15.2 Å². The van der Waals surface area contributed by atoms with Crippen molar-refractivity contribution in [2.75, 3.05) is 11.1 Å². The number of hydrogen-bond donors (Lipinski definition) is 2. The van der Waals surface area contributed by atoms with Gasteiger partial charge >= 0.3 is 0 Å². The minimum atomic E-state index is -0.374. The molecule has 3 rings (SSSR count). The molecule has 9 heteroatoms. The summed E-state index contributed by atoms with van der Waals surface area (Å²) < 4.78 is 2.80. The van der Waals surface area contributed by atoms with Crippen LogP contribution in [0, 0.1) is 6.92 Å². The van der Waals surface area contributed by atoms with E-state index in [1.807, 2.05) is 60.9 Å². The number of benzene rings is 2. The van der Waals surface area contributed by atoms with E-state index in [-0.39, 0.29) is 23.6 Å². The lowest BCUT2D eigenvalue weighted by molar-refractivity contribution is -0.113. The topological polar surface area (TPSA) is 88.9 Å². The number of thioether (sulfide) groups is 1. The molecule has 0 aliphatic carbocycles. The van der Waals surface area contributed by atoms with Crippen LogP contribution in [-0.2, 0) is 11.3 Å². The average molecular weight is 514 g/mol. The molecule has 7 nitrogen and oxygen atoms in total. The van der Waals surface area contributed by atoms with Crippen molar-refractivity contribution in [2.45, 2.75) is 31.6 Å². The fourth-order valence-corrected chi connectivity index (χ4v) is 4.04. The number of nitrogens with zero attached hydrogens (tertiary/aromatic N) is 3. The van der Waals surface area contributed by atoms with E-state index in [0.29, 0.717) is 23.1 Å². The lowest BCUT2D eigenvalue weighted by Gasteiger charge is -2.15. The number of amides is 2. The largest absolute Gasteiger partial charge is 0.342 e. The fourth-order valence-electron chi connectivity index (χ4n) is 3.02. The fraction of sp³-hybridized carbons (Fsp3) is 0.217. The first-order chi connectivity index (χ1) is 15.4. The third-order valence-electron chi connectivity index (χ3n) is 4.53. The lowest BCUT2D eigenvalue weighted by Crippen LogP contribution is -2.28. The van der Waals surface area contributed by atoms with Crippen molar-refractivity contribution in [1.29, 1.82) is 0 Å². The van der Waals surface area contributed by atoms with Gasteiger partial charge in [0, 0.05) is 22.3 Å². The molecule has 0 unspecified atom stereocenters. The Morgan fingerprint density at radius 1 is 1.22 bits per heavy atom. The molecule has 2 N–H and O–H groups in total. The number of carbonyl (C=O) groups is 2. The Kier molecular flexibility index (Phi) is 8.24. The predicted octanol–water partition coefficient (Wildman–Crippen LogP) is 4.76. The van der Waals surface area contributed by atoms with Crippen molar-refractivity contribution >= 4 is 45.2 Å². The van der Waals surface area contributed by atoms with Crippen LogP contribution in [0.25, 0.3) is 0 Å². The number of anilines is 1. The van der Waals surface area contributed by atoms with Gasteiger partial charge in [-0.3, -0.25) is 9.59 Å². The highest BCUT2D eigenvalue weighted by atomic mass is 79.9. The molecule has 1 atom stereocenters. The third-order valence-corrected chi connectivity index (χ3v) is 6.03. The molecule has 0 bridgehead atoms. The van der Waals surface area contributed by atoms with Gasteiger partial charge in [0.15, 0.2) is 11.0 Å². The van der Waals surface area contributed by atoms with E-state index in [1.165, 1.54) is 11.8 Å². The summed E-state index contributed by atoms with van der Waals surface area (Å²) in [7, 11) is 0. The zero-order chi connectivity index (χ0) is 23.1. The van der Waals surface area contributed by atoms with Gasteiger partial charge in [-0.2, -0.15) is 0 Å². The molecule has 3 aromatic rings. The molecule has 0 saturated heterocycles. The van der Waals surface area contributed by atoms with Gasteiger partial charge in [0.1, 0.15) is 0 Å². The zero-order valence-electron chi connectivity index (χ0n) is 17.8. The van der Waals surface area contributed by atoms with Crippen LogP contribution in [0.4, 0.5) is 5.69 Å². The van der Waals surface area contributed by atoms with Gasteiger partial charge in [0.25, 0.3) is 5.91 Å². The SMILES string of the molecule is C=CCn1c(SCC(=O)Nc2ccc(Br)cc2)nnc1[C@H](C)NC(=O)c1cccc(C)c1. The molecule has 166 valence electrons. The molecule has 0 aliphatic heterocycles. The Bertz CT molecular complexity index is 1110. The molecule has 32 heavy (non-hydrogen) atoms. The van der Waals surface area contributed by atoms with Crippen LogP contribution < -0.4 is 10.6 Å². The lowest BCUT2D eigenvalue weighted by atomic mass is 10.1. The van der Waals surface area contributed by atoms with Gasteiger partial charge in [-0.1, -0.05) is 51.5 Å². The molecular weight excluding hydrogens is 490 g/mol. The highest BCUT2D eigenvalue weighted by Gasteiger charge is 2.20. The van der Waals surface area contributed by atoms with E-state index in [2.05, 4.69) is 43.3 Å². The summed E-state index contributed by atoms with van der Waals surface area (Å²) >= 11 is 4.65. The summed E-state index contributed by atoms with van der Waals surface area (Å²) in [5.74, 6) is 0.446. The predicted molar refractivity (Wildman–Crippen MR) is 131 cm³/mol. The van der Waals surface area contributed by atoms with Crippen molar-refractivity contribution in [3.8, 4) is 0 Å². The van der Waals surface area contributed by atoms with Gasteiger partial charge in [0.05, 0.1) is 11.8 Å². The molecule has 0 spiro atoms. The van der Waals surface area contributed by atoms with Crippen LogP contribution in [0.3, 0.4) is 0 Å². The maximum atomic E-state index is 12.6. The van der Waals surface area contributed by atoms with E-state index in [4.69, 9.17) is 0 Å². The maximum Gasteiger partial charge on any atom is 0.251 e. The van der Waals surface area contributed by atoms with E-state index < -0.39 is 0 Å². The number of carbonyl (C=O) groups excluding carboxylic acids is 2. The Labute approximate surface area is 199 Å². The van der Waals surface area contributed by atoms with E-state index >= 15 is 0 Å². The molecule has 0 saturated carbocycles.